The highest BCUT2D eigenvalue weighted by atomic mass is 16.3. The molecular formula is C16H21N3O. The number of nitrogens with zero attached hydrogens (tertiary/aromatic N) is 2. The smallest absolute Gasteiger partial charge is 0.156 e. The van der Waals surface area contributed by atoms with Crippen molar-refractivity contribution in [2.75, 3.05) is 11.9 Å². The highest BCUT2D eigenvalue weighted by Crippen LogP contribution is 2.32. The monoisotopic (exact) mass is 271 g/mol. The van der Waals surface area contributed by atoms with Crippen molar-refractivity contribution in [3.63, 3.8) is 0 Å². The first-order valence-electron chi connectivity index (χ1n) is 7.33. The van der Waals surface area contributed by atoms with Gasteiger partial charge in [-0.1, -0.05) is 31.2 Å². The molecule has 1 aromatic heterocycles. The van der Waals surface area contributed by atoms with E-state index in [0.29, 0.717) is 6.54 Å². The number of aliphatic hydroxyl groups is 1. The van der Waals surface area contributed by atoms with Crippen molar-refractivity contribution in [3.05, 3.63) is 30.5 Å². The summed E-state index contributed by atoms with van der Waals surface area (Å²) in [5, 5.41) is 24.2. The van der Waals surface area contributed by atoms with E-state index in [1.807, 2.05) is 24.3 Å². The van der Waals surface area contributed by atoms with E-state index in [0.717, 1.165) is 48.2 Å². The molecule has 4 nitrogen and oxygen atoms in total. The largest absolute Gasteiger partial charge is 0.388 e. The van der Waals surface area contributed by atoms with Crippen LogP contribution in [0.15, 0.2) is 30.5 Å². The van der Waals surface area contributed by atoms with Crippen LogP contribution in [0.3, 0.4) is 0 Å². The van der Waals surface area contributed by atoms with Crippen LogP contribution in [0.5, 0.6) is 0 Å². The maximum Gasteiger partial charge on any atom is 0.156 e. The summed E-state index contributed by atoms with van der Waals surface area (Å²) >= 11 is 0. The minimum atomic E-state index is -0.606. The summed E-state index contributed by atoms with van der Waals surface area (Å²) in [6.07, 6.45) is 5.68. The van der Waals surface area contributed by atoms with Crippen LogP contribution in [0.2, 0.25) is 0 Å². The minimum Gasteiger partial charge on any atom is -0.388 e. The van der Waals surface area contributed by atoms with Crippen molar-refractivity contribution < 1.29 is 5.11 Å². The number of aromatic nitrogens is 2. The van der Waals surface area contributed by atoms with Crippen LogP contribution >= 0.6 is 0 Å². The molecule has 3 rings (SSSR count). The molecule has 4 heteroatoms. The van der Waals surface area contributed by atoms with E-state index in [4.69, 9.17) is 0 Å². The SMILES string of the molecule is CC1CCC(O)(CNc2nncc3ccccc23)CC1. The van der Waals surface area contributed by atoms with Crippen LogP contribution in [0, 0.1) is 5.92 Å². The van der Waals surface area contributed by atoms with Gasteiger partial charge in [0.15, 0.2) is 5.82 Å². The Morgan fingerprint density at radius 2 is 2.05 bits per heavy atom. The first kappa shape index (κ1) is 13.3. The highest BCUT2D eigenvalue weighted by molar-refractivity contribution is 5.90. The standard InChI is InChI=1S/C16H21N3O/c1-12-6-8-16(20,9-7-12)11-17-15-14-5-3-2-4-13(14)10-18-19-15/h2-5,10,12,20H,6-9,11H2,1H3,(H,17,19). The van der Waals surface area contributed by atoms with Crippen LogP contribution in [0.25, 0.3) is 10.8 Å². The Labute approximate surface area is 119 Å². The van der Waals surface area contributed by atoms with Crippen molar-refractivity contribution in [1.82, 2.24) is 10.2 Å². The van der Waals surface area contributed by atoms with Gasteiger partial charge in [-0.3, -0.25) is 0 Å². The minimum absolute atomic E-state index is 0.544. The topological polar surface area (TPSA) is 58.0 Å². The van der Waals surface area contributed by atoms with Gasteiger partial charge >= 0.3 is 0 Å². The van der Waals surface area contributed by atoms with Crippen molar-refractivity contribution in [2.24, 2.45) is 5.92 Å². The van der Waals surface area contributed by atoms with Gasteiger partial charge in [0.05, 0.1) is 11.8 Å². The molecule has 0 atom stereocenters. The molecule has 20 heavy (non-hydrogen) atoms. The molecule has 0 aliphatic heterocycles. The van der Waals surface area contributed by atoms with Crippen molar-refractivity contribution in [1.29, 1.82) is 0 Å². The average Bonchev–Trinajstić information content (AvgIpc) is 2.49. The predicted molar refractivity (Wildman–Crippen MR) is 80.6 cm³/mol. The van der Waals surface area contributed by atoms with Gasteiger partial charge in [-0.15, -0.1) is 5.10 Å². The average molecular weight is 271 g/mol. The van der Waals surface area contributed by atoms with Crippen LogP contribution in [0.4, 0.5) is 5.82 Å². The third-order valence-corrected chi connectivity index (χ3v) is 4.36. The van der Waals surface area contributed by atoms with Gasteiger partial charge in [-0.05, 0) is 31.6 Å². The number of hydrogen-bond acceptors (Lipinski definition) is 4. The van der Waals surface area contributed by atoms with Crippen LogP contribution < -0.4 is 5.32 Å². The molecule has 1 fully saturated rings. The molecule has 1 aromatic carbocycles. The number of benzene rings is 1. The molecule has 1 saturated carbocycles. The third kappa shape index (κ3) is 2.75. The zero-order valence-corrected chi connectivity index (χ0v) is 11.8. The lowest BCUT2D eigenvalue weighted by atomic mass is 9.79. The fourth-order valence-corrected chi connectivity index (χ4v) is 2.88. The van der Waals surface area contributed by atoms with Crippen LogP contribution in [-0.4, -0.2) is 27.4 Å². The zero-order valence-electron chi connectivity index (χ0n) is 11.8. The molecule has 2 aromatic rings. The summed E-state index contributed by atoms with van der Waals surface area (Å²) in [5.41, 5.74) is -0.606. The second kappa shape index (κ2) is 5.37. The van der Waals surface area contributed by atoms with Gasteiger partial charge in [-0.25, -0.2) is 0 Å². The fraction of sp³-hybridized carbons (Fsp3) is 0.500. The van der Waals surface area contributed by atoms with E-state index in [-0.39, 0.29) is 0 Å². The maximum absolute atomic E-state index is 10.6. The number of anilines is 1. The molecule has 0 saturated heterocycles. The normalized spacial score (nSPS) is 26.6. The second-order valence-corrected chi connectivity index (χ2v) is 6.04. The molecule has 2 N–H and O–H groups in total. The number of nitrogens with one attached hydrogen (secondary N) is 1. The van der Waals surface area contributed by atoms with Crippen LogP contribution in [-0.2, 0) is 0 Å². The number of rotatable bonds is 3. The summed E-state index contributed by atoms with van der Waals surface area (Å²) in [6.45, 7) is 2.80. The summed E-state index contributed by atoms with van der Waals surface area (Å²) < 4.78 is 0. The van der Waals surface area contributed by atoms with E-state index in [2.05, 4.69) is 22.4 Å². The molecule has 0 amide bonds. The summed E-state index contributed by atoms with van der Waals surface area (Å²) in [4.78, 5) is 0. The van der Waals surface area contributed by atoms with E-state index in [1.54, 1.807) is 6.20 Å². The van der Waals surface area contributed by atoms with Crippen molar-refractivity contribution >= 4 is 16.6 Å². The van der Waals surface area contributed by atoms with E-state index < -0.39 is 5.60 Å². The van der Waals surface area contributed by atoms with Crippen molar-refractivity contribution in [3.8, 4) is 0 Å². The van der Waals surface area contributed by atoms with Gasteiger partial charge in [0.2, 0.25) is 0 Å². The van der Waals surface area contributed by atoms with Gasteiger partial charge in [0, 0.05) is 17.3 Å². The van der Waals surface area contributed by atoms with E-state index in [1.165, 1.54) is 0 Å². The summed E-state index contributed by atoms with van der Waals surface area (Å²) in [7, 11) is 0. The first-order chi connectivity index (χ1) is 9.66. The molecule has 0 radical (unpaired) electrons. The van der Waals surface area contributed by atoms with Crippen LogP contribution in [0.1, 0.15) is 32.6 Å². The Bertz CT molecular complexity index is 586. The molecular weight excluding hydrogens is 250 g/mol. The van der Waals surface area contributed by atoms with E-state index >= 15 is 0 Å². The molecule has 1 aliphatic carbocycles. The molecule has 1 aliphatic rings. The zero-order chi connectivity index (χ0) is 14.0. The maximum atomic E-state index is 10.6. The predicted octanol–water partition coefficient (Wildman–Crippen LogP) is 2.98. The lowest BCUT2D eigenvalue weighted by molar-refractivity contribution is 0.00496. The van der Waals surface area contributed by atoms with E-state index in [9.17, 15) is 5.11 Å². The molecule has 106 valence electrons. The first-order valence-corrected chi connectivity index (χ1v) is 7.33. The molecule has 0 spiro atoms. The fourth-order valence-electron chi connectivity index (χ4n) is 2.88. The van der Waals surface area contributed by atoms with Gasteiger partial charge in [0.25, 0.3) is 0 Å². The lowest BCUT2D eigenvalue weighted by Gasteiger charge is -2.35. The van der Waals surface area contributed by atoms with Gasteiger partial charge < -0.3 is 10.4 Å². The van der Waals surface area contributed by atoms with Gasteiger partial charge in [-0.2, -0.15) is 5.10 Å². The quantitative estimate of drug-likeness (QED) is 0.901. The number of fused-ring (bicyclic) bond motifs is 1. The Morgan fingerprint density at radius 1 is 1.30 bits per heavy atom. The molecule has 1 heterocycles. The summed E-state index contributed by atoms with van der Waals surface area (Å²) in [5.74, 6) is 1.49. The Hall–Kier alpha value is -1.68. The Morgan fingerprint density at radius 3 is 2.85 bits per heavy atom. The molecule has 0 unspecified atom stereocenters. The van der Waals surface area contributed by atoms with Gasteiger partial charge in [0.1, 0.15) is 0 Å². The number of hydrogen-bond donors (Lipinski definition) is 2. The third-order valence-electron chi connectivity index (χ3n) is 4.36. The highest BCUT2D eigenvalue weighted by Gasteiger charge is 2.31. The Balaban J connectivity index is 1.74. The second-order valence-electron chi connectivity index (χ2n) is 6.04. The molecule has 0 bridgehead atoms. The Kier molecular flexibility index (Phi) is 3.57. The van der Waals surface area contributed by atoms with Crippen molar-refractivity contribution in [2.45, 2.75) is 38.2 Å². The lowest BCUT2D eigenvalue weighted by Crippen LogP contribution is -2.40. The summed E-state index contributed by atoms with van der Waals surface area (Å²) in [6, 6.07) is 8.03.